The Balaban J connectivity index is 1.29. The van der Waals surface area contributed by atoms with Crippen LogP contribution in [0.15, 0.2) is 35.2 Å². The third-order valence-electron chi connectivity index (χ3n) is 4.94. The molecule has 1 aliphatic carbocycles. The Labute approximate surface area is 156 Å². The number of aromatic nitrogens is 2. The summed E-state index contributed by atoms with van der Waals surface area (Å²) in [5, 5.41) is 8.72. The number of piperazine rings is 1. The zero-order valence-corrected chi connectivity index (χ0v) is 15.3. The van der Waals surface area contributed by atoms with Gasteiger partial charge in [0, 0.05) is 31.1 Å². The van der Waals surface area contributed by atoms with Gasteiger partial charge in [0.05, 0.1) is 11.4 Å². The number of hydrogen-bond donors (Lipinski definition) is 0. The van der Waals surface area contributed by atoms with Crippen LogP contribution in [0, 0.1) is 5.82 Å². The minimum atomic E-state index is -0.258. The highest BCUT2D eigenvalue weighted by Crippen LogP contribution is 2.24. The molecule has 1 fully saturated rings. The third kappa shape index (κ3) is 3.82. The second kappa shape index (κ2) is 7.61. The van der Waals surface area contributed by atoms with Gasteiger partial charge in [0.15, 0.2) is 5.82 Å². The number of carbonyl (C=O) groups excluding carboxylic acids is 1. The number of thioether (sulfide) groups is 1. The van der Waals surface area contributed by atoms with Crippen molar-refractivity contribution in [1.82, 2.24) is 15.1 Å². The van der Waals surface area contributed by atoms with Crippen molar-refractivity contribution in [2.75, 3.05) is 36.8 Å². The first kappa shape index (κ1) is 17.3. The zero-order chi connectivity index (χ0) is 17.9. The molecule has 0 N–H and O–H groups in total. The third-order valence-corrected chi connectivity index (χ3v) is 5.94. The maximum Gasteiger partial charge on any atom is 0.233 e. The lowest BCUT2D eigenvalue weighted by molar-refractivity contribution is -0.128. The Morgan fingerprint density at radius 2 is 1.85 bits per heavy atom. The summed E-state index contributed by atoms with van der Waals surface area (Å²) in [4.78, 5) is 17.4. The van der Waals surface area contributed by atoms with Crippen LogP contribution in [0.3, 0.4) is 0 Å². The van der Waals surface area contributed by atoms with Crippen LogP contribution < -0.4 is 4.90 Å². The van der Waals surface area contributed by atoms with Crippen LogP contribution in [0.2, 0.25) is 0 Å². The van der Waals surface area contributed by atoms with E-state index < -0.39 is 0 Å². The van der Waals surface area contributed by atoms with Crippen molar-refractivity contribution < 1.29 is 9.18 Å². The molecule has 5 nitrogen and oxygen atoms in total. The fraction of sp³-hybridized carbons (Fsp3) is 0.421. The average molecular weight is 372 g/mol. The Morgan fingerprint density at radius 3 is 2.62 bits per heavy atom. The van der Waals surface area contributed by atoms with E-state index in [1.54, 1.807) is 12.1 Å². The number of carbonyl (C=O) groups is 1. The van der Waals surface area contributed by atoms with Crippen LogP contribution in [0.1, 0.15) is 17.7 Å². The second-order valence-electron chi connectivity index (χ2n) is 6.64. The molecule has 7 heteroatoms. The monoisotopic (exact) mass is 372 g/mol. The number of hydrogen-bond acceptors (Lipinski definition) is 5. The van der Waals surface area contributed by atoms with Gasteiger partial charge in [0.25, 0.3) is 0 Å². The van der Waals surface area contributed by atoms with E-state index in [2.05, 4.69) is 21.2 Å². The van der Waals surface area contributed by atoms with Crippen LogP contribution in [0.4, 0.5) is 10.2 Å². The summed E-state index contributed by atoms with van der Waals surface area (Å²) in [5.74, 6) is 1.17. The fourth-order valence-corrected chi connectivity index (χ4v) is 4.23. The van der Waals surface area contributed by atoms with E-state index in [0.717, 1.165) is 42.3 Å². The first-order valence-corrected chi connectivity index (χ1v) is 9.94. The number of nitrogens with zero attached hydrogens (tertiary/aromatic N) is 4. The molecule has 136 valence electrons. The Morgan fingerprint density at radius 1 is 1.08 bits per heavy atom. The Kier molecular flexibility index (Phi) is 5.06. The number of aryl methyl sites for hydroxylation is 2. The molecule has 2 aromatic rings. The van der Waals surface area contributed by atoms with E-state index in [4.69, 9.17) is 0 Å². The van der Waals surface area contributed by atoms with E-state index >= 15 is 0 Å². The van der Waals surface area contributed by atoms with Crippen molar-refractivity contribution in [3.8, 4) is 0 Å². The molecule has 0 spiro atoms. The fourth-order valence-electron chi connectivity index (χ4n) is 3.42. The van der Waals surface area contributed by atoms with Gasteiger partial charge in [0.1, 0.15) is 5.82 Å². The van der Waals surface area contributed by atoms with Crippen LogP contribution in [0.25, 0.3) is 0 Å². The number of fused-ring (bicyclic) bond motifs is 1. The van der Waals surface area contributed by atoms with Gasteiger partial charge in [-0.3, -0.25) is 4.79 Å². The quantitative estimate of drug-likeness (QED) is 0.772. The molecule has 1 saturated heterocycles. The Hall–Kier alpha value is -2.15. The highest BCUT2D eigenvalue weighted by atomic mass is 32.2. The van der Waals surface area contributed by atoms with E-state index in [0.29, 0.717) is 18.8 Å². The lowest BCUT2D eigenvalue weighted by Crippen LogP contribution is -2.49. The molecular formula is C19H21FN4OS. The maximum atomic E-state index is 12.9. The number of amides is 1. The molecule has 26 heavy (non-hydrogen) atoms. The first-order valence-electron chi connectivity index (χ1n) is 8.95. The summed E-state index contributed by atoms with van der Waals surface area (Å²) >= 11 is 1.45. The van der Waals surface area contributed by atoms with Crippen molar-refractivity contribution in [3.05, 3.63) is 47.4 Å². The van der Waals surface area contributed by atoms with Crippen molar-refractivity contribution in [2.45, 2.75) is 24.2 Å². The van der Waals surface area contributed by atoms with E-state index in [1.165, 1.54) is 35.9 Å². The minimum Gasteiger partial charge on any atom is -0.352 e. The topological polar surface area (TPSA) is 49.3 Å². The van der Waals surface area contributed by atoms with Crippen molar-refractivity contribution in [3.63, 3.8) is 0 Å². The highest BCUT2D eigenvalue weighted by molar-refractivity contribution is 8.00. The second-order valence-corrected chi connectivity index (χ2v) is 7.69. The summed E-state index contributed by atoms with van der Waals surface area (Å²) in [6.45, 7) is 2.95. The van der Waals surface area contributed by atoms with Gasteiger partial charge in [-0.15, -0.1) is 16.9 Å². The van der Waals surface area contributed by atoms with Crippen LogP contribution >= 0.6 is 11.8 Å². The number of halogens is 1. The van der Waals surface area contributed by atoms with Crippen molar-refractivity contribution in [1.29, 1.82) is 0 Å². The predicted octanol–water partition coefficient (Wildman–Crippen LogP) is 2.55. The highest BCUT2D eigenvalue weighted by Gasteiger charge is 2.23. The molecule has 2 heterocycles. The Bertz CT molecular complexity index is 791. The first-order chi connectivity index (χ1) is 12.7. The molecule has 1 aromatic heterocycles. The molecule has 1 aliphatic heterocycles. The summed E-state index contributed by atoms with van der Waals surface area (Å²) in [7, 11) is 0. The van der Waals surface area contributed by atoms with E-state index in [1.807, 2.05) is 4.90 Å². The van der Waals surface area contributed by atoms with Gasteiger partial charge in [-0.25, -0.2) is 4.39 Å². The van der Waals surface area contributed by atoms with Gasteiger partial charge < -0.3 is 9.80 Å². The minimum absolute atomic E-state index is 0.124. The average Bonchev–Trinajstić information content (AvgIpc) is 3.15. The molecule has 2 aliphatic rings. The van der Waals surface area contributed by atoms with Gasteiger partial charge >= 0.3 is 0 Å². The largest absolute Gasteiger partial charge is 0.352 e. The SMILES string of the molecule is O=C(CSc1ccc(F)cc1)N1CCN(c2cc3c(nn2)CCC3)CC1. The molecule has 0 saturated carbocycles. The summed E-state index contributed by atoms with van der Waals surface area (Å²) in [5.41, 5.74) is 2.46. The standard InChI is InChI=1S/C19H21FN4OS/c20-15-4-6-16(7-5-15)26-13-19(25)24-10-8-23(9-11-24)18-12-14-2-1-3-17(14)21-22-18/h4-7,12H,1-3,8-11,13H2. The molecular weight excluding hydrogens is 351 g/mol. The number of benzene rings is 1. The predicted molar refractivity (Wildman–Crippen MR) is 100.0 cm³/mol. The maximum absolute atomic E-state index is 12.9. The normalized spacial score (nSPS) is 16.7. The van der Waals surface area contributed by atoms with E-state index in [9.17, 15) is 9.18 Å². The summed E-state index contributed by atoms with van der Waals surface area (Å²) in [6, 6.07) is 8.42. The smallest absolute Gasteiger partial charge is 0.233 e. The molecule has 1 aromatic carbocycles. The lowest BCUT2D eigenvalue weighted by atomic mass is 10.2. The van der Waals surface area contributed by atoms with Crippen LogP contribution in [-0.4, -0.2) is 52.9 Å². The molecule has 1 amide bonds. The molecule has 0 radical (unpaired) electrons. The van der Waals surface area contributed by atoms with Crippen LogP contribution in [-0.2, 0) is 17.6 Å². The zero-order valence-electron chi connectivity index (χ0n) is 14.5. The molecule has 0 atom stereocenters. The van der Waals surface area contributed by atoms with Gasteiger partial charge in [-0.2, -0.15) is 5.10 Å². The molecule has 0 unspecified atom stereocenters. The number of rotatable bonds is 4. The summed E-state index contributed by atoms with van der Waals surface area (Å²) in [6.07, 6.45) is 3.30. The van der Waals surface area contributed by atoms with Crippen molar-refractivity contribution >= 4 is 23.5 Å². The van der Waals surface area contributed by atoms with Crippen molar-refractivity contribution in [2.24, 2.45) is 0 Å². The van der Waals surface area contributed by atoms with Crippen LogP contribution in [0.5, 0.6) is 0 Å². The lowest BCUT2D eigenvalue weighted by Gasteiger charge is -2.35. The molecule has 4 rings (SSSR count). The van der Waals surface area contributed by atoms with E-state index in [-0.39, 0.29) is 11.7 Å². The van der Waals surface area contributed by atoms with Gasteiger partial charge in [-0.1, -0.05) is 0 Å². The molecule has 0 bridgehead atoms. The van der Waals surface area contributed by atoms with Gasteiger partial charge in [0.2, 0.25) is 5.91 Å². The summed E-state index contributed by atoms with van der Waals surface area (Å²) < 4.78 is 12.9. The number of anilines is 1. The van der Waals surface area contributed by atoms with Gasteiger partial charge in [-0.05, 0) is 55.2 Å².